The topological polar surface area (TPSA) is 17.8 Å². The Kier molecular flexibility index (Phi) is 0.668. The maximum absolute atomic E-state index is 7.81. The Hall–Kier alpha value is -0.310. The molecule has 0 aliphatic rings. The lowest BCUT2D eigenvalue weighted by Gasteiger charge is -2.03. The van der Waals surface area contributed by atoms with Crippen molar-refractivity contribution in [2.24, 2.45) is 5.89 Å². The van der Waals surface area contributed by atoms with Crippen LogP contribution in [0.3, 0.4) is 0 Å². The summed E-state index contributed by atoms with van der Waals surface area (Å²) in [6.07, 6.45) is 2.02. The fraction of sp³-hybridized carbons (Fsp3) is 0.571. The van der Waals surface area contributed by atoms with Crippen molar-refractivity contribution in [2.75, 3.05) is 0 Å². The summed E-state index contributed by atoms with van der Waals surface area (Å²) in [6, 6.07) is 0. The van der Waals surface area contributed by atoms with Gasteiger partial charge in [0, 0.05) is 22.3 Å². The standard InChI is InChI=1S/C7H11BrN2/c1-6(2)3-10-4-7(8)9-5-10/h4-6H,3H2,1-2H3/i1D3,2D3,3D2,6D. The van der Waals surface area contributed by atoms with Crippen molar-refractivity contribution in [2.45, 2.75) is 20.2 Å². The monoisotopic (exact) mass is 211 g/mol. The predicted octanol–water partition coefficient (Wildman–Crippen LogP) is 2.30. The van der Waals surface area contributed by atoms with Crippen LogP contribution in [0, 0.1) is 5.89 Å². The van der Waals surface area contributed by atoms with Crippen LogP contribution in [-0.2, 0) is 6.50 Å². The van der Waals surface area contributed by atoms with E-state index in [2.05, 4.69) is 20.9 Å². The van der Waals surface area contributed by atoms with Gasteiger partial charge in [0.2, 0.25) is 0 Å². The molecule has 0 aromatic carbocycles. The van der Waals surface area contributed by atoms with Gasteiger partial charge < -0.3 is 4.57 Å². The SMILES string of the molecule is [2H]C([2H])([2H])C([2H])(C([2H])([2H])[2H])C([2H])([2H])n1cnc(Br)c1. The summed E-state index contributed by atoms with van der Waals surface area (Å²) in [5, 5.41) is 0. The van der Waals surface area contributed by atoms with E-state index in [1.165, 1.54) is 0 Å². The molecule has 1 aromatic heterocycles. The van der Waals surface area contributed by atoms with Gasteiger partial charge in [0.25, 0.3) is 0 Å². The van der Waals surface area contributed by atoms with Crippen molar-refractivity contribution in [3.05, 3.63) is 17.1 Å². The van der Waals surface area contributed by atoms with E-state index >= 15 is 0 Å². The lowest BCUT2D eigenvalue weighted by Crippen LogP contribution is -2.00. The molecule has 0 aliphatic carbocycles. The van der Waals surface area contributed by atoms with Gasteiger partial charge in [-0.15, -0.1) is 0 Å². The molecule has 10 heavy (non-hydrogen) atoms. The van der Waals surface area contributed by atoms with E-state index < -0.39 is 26.1 Å². The van der Waals surface area contributed by atoms with E-state index in [1.54, 1.807) is 0 Å². The average molecular weight is 212 g/mol. The molecule has 1 rings (SSSR count). The highest BCUT2D eigenvalue weighted by molar-refractivity contribution is 9.10. The number of hydrogen-bond donors (Lipinski definition) is 0. The Balaban J connectivity index is 3.50. The van der Waals surface area contributed by atoms with E-state index in [1.807, 2.05) is 0 Å². The van der Waals surface area contributed by atoms with E-state index in [0.717, 1.165) is 12.5 Å². The van der Waals surface area contributed by atoms with Crippen molar-refractivity contribution < 1.29 is 12.3 Å². The molecular formula is C7H11BrN2. The average Bonchev–Trinajstić information content (AvgIpc) is 2.60. The zero-order chi connectivity index (χ0) is 15.3. The zero-order valence-electron chi connectivity index (χ0n) is 13.9. The Labute approximate surface area is 82.0 Å². The molecule has 56 valence electrons. The normalized spacial score (nSPS) is 29.1. The van der Waals surface area contributed by atoms with Gasteiger partial charge >= 0.3 is 0 Å². The van der Waals surface area contributed by atoms with Crippen LogP contribution in [0.15, 0.2) is 17.1 Å². The van der Waals surface area contributed by atoms with E-state index in [9.17, 15) is 0 Å². The van der Waals surface area contributed by atoms with Crippen LogP contribution in [0.4, 0.5) is 0 Å². The van der Waals surface area contributed by atoms with E-state index in [4.69, 9.17) is 12.3 Å². The number of nitrogens with zero attached hydrogens (tertiary/aromatic N) is 2. The molecule has 0 saturated carbocycles. The Morgan fingerprint density at radius 2 is 2.90 bits per heavy atom. The molecule has 0 bridgehead atoms. The fourth-order valence-electron chi connectivity index (χ4n) is 0.489. The molecule has 0 unspecified atom stereocenters. The van der Waals surface area contributed by atoms with Gasteiger partial charge in [-0.05, 0) is 21.8 Å². The highest BCUT2D eigenvalue weighted by Crippen LogP contribution is 2.06. The summed E-state index contributed by atoms with van der Waals surface area (Å²) in [7, 11) is 0. The maximum Gasteiger partial charge on any atom is 0.124 e. The third-order valence-electron chi connectivity index (χ3n) is 0.792. The Morgan fingerprint density at radius 3 is 3.40 bits per heavy atom. The fourth-order valence-corrected chi connectivity index (χ4v) is 0.801. The lowest BCUT2D eigenvalue weighted by atomic mass is 10.2. The first-order chi connectivity index (χ1) is 8.25. The van der Waals surface area contributed by atoms with Crippen LogP contribution >= 0.6 is 15.9 Å². The number of aromatic nitrogens is 2. The van der Waals surface area contributed by atoms with Gasteiger partial charge in [-0.25, -0.2) is 4.98 Å². The van der Waals surface area contributed by atoms with Gasteiger partial charge in [-0.3, -0.25) is 0 Å². The number of hydrogen-bond acceptors (Lipinski definition) is 1. The van der Waals surface area contributed by atoms with Crippen LogP contribution in [-0.4, -0.2) is 9.55 Å². The quantitative estimate of drug-likeness (QED) is 0.735. The van der Waals surface area contributed by atoms with Crippen LogP contribution in [0.25, 0.3) is 0 Å². The van der Waals surface area contributed by atoms with Gasteiger partial charge in [0.15, 0.2) is 0 Å². The highest BCUT2D eigenvalue weighted by atomic mass is 79.9. The molecule has 1 heterocycles. The minimum absolute atomic E-state index is 0.204. The lowest BCUT2D eigenvalue weighted by molar-refractivity contribution is 0.522. The molecule has 0 saturated heterocycles. The van der Waals surface area contributed by atoms with Crippen molar-refractivity contribution >= 4 is 15.9 Å². The summed E-state index contributed by atoms with van der Waals surface area (Å²) in [5.41, 5.74) is 0. The first-order valence-corrected chi connectivity index (χ1v) is 3.24. The Morgan fingerprint density at radius 1 is 2.10 bits per heavy atom. The van der Waals surface area contributed by atoms with Crippen molar-refractivity contribution in [1.82, 2.24) is 9.55 Å². The third-order valence-corrected chi connectivity index (χ3v) is 1.20. The second-order valence-electron chi connectivity index (χ2n) is 1.59. The summed E-state index contributed by atoms with van der Waals surface area (Å²) in [5.74, 6) is -3.33. The van der Waals surface area contributed by atoms with Gasteiger partial charge in [0.05, 0.1) is 9.07 Å². The second kappa shape index (κ2) is 3.19. The maximum atomic E-state index is 7.81. The summed E-state index contributed by atoms with van der Waals surface area (Å²) in [6.45, 7) is -9.69. The first-order valence-electron chi connectivity index (χ1n) is 6.95. The van der Waals surface area contributed by atoms with Crippen molar-refractivity contribution in [1.29, 1.82) is 0 Å². The molecule has 1 aromatic rings. The second-order valence-corrected chi connectivity index (χ2v) is 2.40. The Bertz CT molecular complexity index is 446. The molecule has 0 atom stereocenters. The zero-order valence-corrected chi connectivity index (χ0v) is 6.51. The molecule has 0 amide bonds. The first kappa shape index (κ1) is 2.09. The molecule has 0 fully saturated rings. The summed E-state index contributed by atoms with van der Waals surface area (Å²) < 4.78 is 67.8. The minimum Gasteiger partial charge on any atom is -0.336 e. The summed E-state index contributed by atoms with van der Waals surface area (Å²) in [4.78, 5) is 3.65. The van der Waals surface area contributed by atoms with E-state index in [-0.39, 0.29) is 4.60 Å². The van der Waals surface area contributed by atoms with Crippen LogP contribution in [0.5, 0.6) is 0 Å². The largest absolute Gasteiger partial charge is 0.336 e. The molecule has 0 radical (unpaired) electrons. The third kappa shape index (κ3) is 2.14. The predicted molar refractivity (Wildman–Crippen MR) is 44.8 cm³/mol. The number of imidazole rings is 1. The van der Waals surface area contributed by atoms with Crippen molar-refractivity contribution in [3.8, 4) is 0 Å². The summed E-state index contributed by atoms with van der Waals surface area (Å²) >= 11 is 2.95. The van der Waals surface area contributed by atoms with Gasteiger partial charge in [-0.2, -0.15) is 0 Å². The minimum atomic E-state index is -3.35. The molecule has 2 nitrogen and oxygen atoms in total. The number of halogens is 1. The van der Waals surface area contributed by atoms with Crippen molar-refractivity contribution in [3.63, 3.8) is 0 Å². The van der Waals surface area contributed by atoms with Crippen LogP contribution < -0.4 is 0 Å². The van der Waals surface area contributed by atoms with Crippen LogP contribution in [0.1, 0.15) is 26.0 Å². The molecule has 0 spiro atoms. The molecule has 3 heteroatoms. The molecule has 0 aliphatic heterocycles. The molecule has 0 N–H and O–H groups in total. The van der Waals surface area contributed by atoms with Crippen LogP contribution in [0.2, 0.25) is 0 Å². The van der Waals surface area contributed by atoms with E-state index in [0.29, 0.717) is 4.57 Å². The molecular weight excluding hydrogens is 192 g/mol. The highest BCUT2D eigenvalue weighted by Gasteiger charge is 1.96. The van der Waals surface area contributed by atoms with Gasteiger partial charge in [-0.1, -0.05) is 13.7 Å². The number of rotatable bonds is 2. The van der Waals surface area contributed by atoms with Gasteiger partial charge in [0.1, 0.15) is 4.60 Å². The smallest absolute Gasteiger partial charge is 0.124 e.